The Balaban J connectivity index is 2.15. The van der Waals surface area contributed by atoms with Crippen molar-refractivity contribution in [1.82, 2.24) is 4.98 Å². The van der Waals surface area contributed by atoms with E-state index in [0.29, 0.717) is 5.69 Å². The van der Waals surface area contributed by atoms with E-state index < -0.39 is 0 Å². The van der Waals surface area contributed by atoms with Crippen molar-refractivity contribution in [2.45, 2.75) is 0 Å². The number of aromatic amines is 1. The number of fused-ring (bicyclic) bond motifs is 1. The van der Waals surface area contributed by atoms with Crippen LogP contribution in [-0.4, -0.2) is 17.6 Å². The summed E-state index contributed by atoms with van der Waals surface area (Å²) in [6.45, 7) is 3.76. The van der Waals surface area contributed by atoms with Crippen LogP contribution in [0.3, 0.4) is 0 Å². The van der Waals surface area contributed by atoms with E-state index >= 15 is 0 Å². The van der Waals surface area contributed by atoms with Gasteiger partial charge in [-0.25, -0.2) is 4.79 Å². The third-order valence-corrected chi connectivity index (χ3v) is 3.31. The summed E-state index contributed by atoms with van der Waals surface area (Å²) in [5.74, 6) is -0.367. The minimum Gasteiger partial charge on any atom is -0.457 e. The molecular weight excluding hydrogens is 262 g/mol. The highest BCUT2D eigenvalue weighted by Gasteiger charge is 2.17. The molecule has 0 aliphatic heterocycles. The topological polar surface area (TPSA) is 42.1 Å². The maximum Gasteiger partial charge on any atom is 0.355 e. The van der Waals surface area contributed by atoms with Crippen LogP contribution in [0.1, 0.15) is 10.5 Å². The average molecular weight is 277 g/mol. The van der Waals surface area contributed by atoms with Crippen LogP contribution in [0.4, 0.5) is 0 Å². The summed E-state index contributed by atoms with van der Waals surface area (Å²) in [5.41, 5.74) is 2.44. The Morgan fingerprint density at radius 1 is 1.05 bits per heavy atom. The van der Waals surface area contributed by atoms with Gasteiger partial charge in [-0.15, -0.1) is 0 Å². The van der Waals surface area contributed by atoms with Crippen LogP contribution in [0.2, 0.25) is 0 Å². The number of hydrogen-bond acceptors (Lipinski definition) is 2. The van der Waals surface area contributed by atoms with E-state index in [1.165, 1.54) is 0 Å². The molecule has 2 aromatic carbocycles. The van der Waals surface area contributed by atoms with Gasteiger partial charge < -0.3 is 9.72 Å². The molecule has 0 saturated heterocycles. The predicted molar refractivity (Wildman–Crippen MR) is 84.2 cm³/mol. The van der Waals surface area contributed by atoms with Crippen LogP contribution in [0, 0.1) is 0 Å². The van der Waals surface area contributed by atoms with Crippen LogP contribution in [0.25, 0.3) is 22.0 Å². The first-order valence-electron chi connectivity index (χ1n) is 6.75. The van der Waals surface area contributed by atoms with Gasteiger partial charge in [-0.2, -0.15) is 0 Å². The summed E-state index contributed by atoms with van der Waals surface area (Å²) in [6, 6.07) is 17.7. The smallest absolute Gasteiger partial charge is 0.355 e. The second-order valence-electron chi connectivity index (χ2n) is 4.67. The molecule has 1 N–H and O–H groups in total. The number of hydrogen-bond donors (Lipinski definition) is 1. The van der Waals surface area contributed by atoms with E-state index in [2.05, 4.69) is 11.6 Å². The summed E-state index contributed by atoms with van der Waals surface area (Å²) >= 11 is 0. The van der Waals surface area contributed by atoms with Gasteiger partial charge in [0.15, 0.2) is 0 Å². The Kier molecular flexibility index (Phi) is 3.56. The number of carbonyl (C=O) groups is 1. The van der Waals surface area contributed by atoms with Crippen LogP contribution in [-0.2, 0) is 4.74 Å². The first kappa shape index (κ1) is 13.2. The van der Waals surface area contributed by atoms with E-state index in [4.69, 9.17) is 4.74 Å². The molecule has 3 rings (SSSR count). The first-order valence-corrected chi connectivity index (χ1v) is 6.75. The normalized spacial score (nSPS) is 10.5. The van der Waals surface area contributed by atoms with Crippen molar-refractivity contribution in [1.29, 1.82) is 0 Å². The van der Waals surface area contributed by atoms with Crippen LogP contribution in [0.15, 0.2) is 67.3 Å². The number of rotatable bonds is 4. The number of esters is 1. The van der Waals surface area contributed by atoms with Gasteiger partial charge in [0.05, 0.1) is 5.69 Å². The lowest BCUT2D eigenvalue weighted by Crippen LogP contribution is -2.05. The van der Waals surface area contributed by atoms with Crippen LogP contribution >= 0.6 is 0 Å². The Hall–Kier alpha value is -2.81. The van der Waals surface area contributed by atoms with Crippen molar-refractivity contribution in [3.05, 3.63) is 72.9 Å². The number of carbonyl (C=O) groups excluding carboxylic acids is 1. The van der Waals surface area contributed by atoms with Gasteiger partial charge in [-0.05, 0) is 5.56 Å². The standard InChI is InChI=1S/C18H15NO2/c1-2-12-21-18(20)17-15-11-7-6-10-14(15)16(19-17)13-8-4-3-5-9-13/h2-11,19H,1,12H2. The number of H-pyrrole nitrogens is 1. The highest BCUT2D eigenvalue weighted by atomic mass is 16.5. The number of nitrogens with one attached hydrogen (secondary N) is 1. The van der Waals surface area contributed by atoms with Crippen LogP contribution < -0.4 is 0 Å². The fraction of sp³-hybridized carbons (Fsp3) is 0.0556. The molecule has 1 heterocycles. The van der Waals surface area contributed by atoms with E-state index in [0.717, 1.165) is 22.0 Å². The molecule has 0 fully saturated rings. The first-order chi connectivity index (χ1) is 10.3. The largest absolute Gasteiger partial charge is 0.457 e. The minimum absolute atomic E-state index is 0.201. The highest BCUT2D eigenvalue weighted by Crippen LogP contribution is 2.30. The van der Waals surface area contributed by atoms with Crippen molar-refractivity contribution >= 4 is 16.7 Å². The molecule has 0 aliphatic rings. The summed E-state index contributed by atoms with van der Waals surface area (Å²) in [7, 11) is 0. The second-order valence-corrected chi connectivity index (χ2v) is 4.67. The zero-order chi connectivity index (χ0) is 14.7. The third kappa shape index (κ3) is 2.46. The Labute approximate surface area is 122 Å². The van der Waals surface area contributed by atoms with Crippen molar-refractivity contribution < 1.29 is 9.53 Å². The van der Waals surface area contributed by atoms with Gasteiger partial charge >= 0.3 is 5.97 Å². The van der Waals surface area contributed by atoms with Crippen molar-refractivity contribution in [2.75, 3.05) is 6.61 Å². The molecule has 104 valence electrons. The minimum atomic E-state index is -0.367. The lowest BCUT2D eigenvalue weighted by atomic mass is 10.1. The van der Waals surface area contributed by atoms with E-state index in [1.54, 1.807) is 6.08 Å². The van der Waals surface area contributed by atoms with Gasteiger partial charge in [-0.3, -0.25) is 0 Å². The molecule has 0 aliphatic carbocycles. The molecule has 0 unspecified atom stereocenters. The van der Waals surface area contributed by atoms with Crippen molar-refractivity contribution in [3.63, 3.8) is 0 Å². The maximum absolute atomic E-state index is 12.2. The number of aromatic nitrogens is 1. The number of ether oxygens (including phenoxy) is 1. The lowest BCUT2D eigenvalue weighted by molar-refractivity contribution is 0.0546. The molecule has 0 radical (unpaired) electrons. The van der Waals surface area contributed by atoms with Crippen molar-refractivity contribution in [2.24, 2.45) is 0 Å². The second kappa shape index (κ2) is 5.67. The van der Waals surface area contributed by atoms with Crippen LogP contribution in [0.5, 0.6) is 0 Å². The summed E-state index contributed by atoms with van der Waals surface area (Å²) in [5, 5.41) is 1.87. The fourth-order valence-electron chi connectivity index (χ4n) is 2.38. The summed E-state index contributed by atoms with van der Waals surface area (Å²) < 4.78 is 5.15. The summed E-state index contributed by atoms with van der Waals surface area (Å²) in [4.78, 5) is 15.4. The average Bonchev–Trinajstić information content (AvgIpc) is 2.93. The Morgan fingerprint density at radius 3 is 2.43 bits per heavy atom. The lowest BCUT2D eigenvalue weighted by Gasteiger charge is -2.00. The summed E-state index contributed by atoms with van der Waals surface area (Å²) in [6.07, 6.45) is 1.56. The van der Waals surface area contributed by atoms with E-state index in [1.807, 2.05) is 54.6 Å². The van der Waals surface area contributed by atoms with E-state index in [9.17, 15) is 4.79 Å². The molecule has 0 bridgehead atoms. The van der Waals surface area contributed by atoms with Gasteiger partial charge in [-0.1, -0.05) is 67.3 Å². The molecule has 3 heteroatoms. The molecule has 0 amide bonds. The SMILES string of the molecule is C=CCOC(=O)c1[nH]c(-c2ccccc2)c2ccccc12. The molecule has 3 aromatic rings. The highest BCUT2D eigenvalue weighted by molar-refractivity contribution is 6.08. The third-order valence-electron chi connectivity index (χ3n) is 3.31. The van der Waals surface area contributed by atoms with Gasteiger partial charge in [0.2, 0.25) is 0 Å². The fourth-order valence-corrected chi connectivity index (χ4v) is 2.38. The van der Waals surface area contributed by atoms with Gasteiger partial charge in [0.1, 0.15) is 12.3 Å². The molecule has 0 spiro atoms. The quantitative estimate of drug-likeness (QED) is 0.574. The molecule has 1 aromatic heterocycles. The van der Waals surface area contributed by atoms with Gasteiger partial charge in [0.25, 0.3) is 0 Å². The molecule has 0 saturated carbocycles. The zero-order valence-corrected chi connectivity index (χ0v) is 11.5. The monoisotopic (exact) mass is 277 g/mol. The molecule has 21 heavy (non-hydrogen) atoms. The number of benzene rings is 2. The van der Waals surface area contributed by atoms with E-state index in [-0.39, 0.29) is 12.6 Å². The maximum atomic E-state index is 12.2. The molecule has 3 nitrogen and oxygen atoms in total. The zero-order valence-electron chi connectivity index (χ0n) is 11.5. The van der Waals surface area contributed by atoms with Gasteiger partial charge in [0, 0.05) is 10.8 Å². The Morgan fingerprint density at radius 2 is 1.71 bits per heavy atom. The molecular formula is C18H15NO2. The molecule has 0 atom stereocenters. The predicted octanol–water partition coefficient (Wildman–Crippen LogP) is 4.18. The Bertz CT molecular complexity index is 787. The van der Waals surface area contributed by atoms with Crippen molar-refractivity contribution in [3.8, 4) is 11.3 Å².